The predicted octanol–water partition coefficient (Wildman–Crippen LogP) is 15.5. The highest BCUT2D eigenvalue weighted by Gasteiger charge is 2.54. The molecule has 2 atom stereocenters. The number of aryl methyl sites for hydroxylation is 6. The molecule has 0 radical (unpaired) electrons. The number of allylic oxidation sites excluding steroid dienone is 2. The van der Waals surface area contributed by atoms with Crippen molar-refractivity contribution >= 4 is 43.5 Å². The zero-order valence-electron chi connectivity index (χ0n) is 34.6. The van der Waals surface area contributed by atoms with Crippen molar-refractivity contribution in [2.45, 2.75) is 83.1 Å². The van der Waals surface area contributed by atoms with Crippen LogP contribution < -0.4 is 0 Å². The third-order valence-electron chi connectivity index (χ3n) is 12.6. The maximum atomic E-state index is 15.6. The van der Waals surface area contributed by atoms with Crippen LogP contribution in [-0.2, 0) is 38.5 Å². The lowest BCUT2D eigenvalue weighted by Gasteiger charge is -2.45. The topological polar surface area (TPSA) is 43.1 Å². The van der Waals surface area contributed by atoms with E-state index in [-0.39, 0.29) is 16.6 Å². The lowest BCUT2D eigenvalue weighted by molar-refractivity contribution is -0.531. The minimum atomic E-state index is -1.03. The predicted molar refractivity (Wildman–Crippen MR) is 256 cm³/mol. The molecule has 7 rings (SSSR count). The molecule has 0 aliphatic heterocycles. The zero-order chi connectivity index (χ0) is 43.5. The fraction of sp³-hybridized carbons (Fsp3) is 0.259. The number of nitro groups is 1. The van der Waals surface area contributed by atoms with E-state index in [1.165, 1.54) is 18.2 Å². The van der Waals surface area contributed by atoms with Gasteiger partial charge < -0.3 is 0 Å². The third kappa shape index (κ3) is 11.5. The molecule has 0 fully saturated rings. The van der Waals surface area contributed by atoms with Gasteiger partial charge in [0.05, 0.1) is 5.41 Å². The van der Waals surface area contributed by atoms with E-state index in [2.05, 4.69) is 62.2 Å². The molecule has 62 heavy (non-hydrogen) atoms. The highest BCUT2D eigenvalue weighted by atomic mass is 79.9. The van der Waals surface area contributed by atoms with Gasteiger partial charge in [0.15, 0.2) is 0 Å². The molecule has 6 aromatic rings. The van der Waals surface area contributed by atoms with E-state index in [0.717, 1.165) is 59.1 Å². The van der Waals surface area contributed by atoms with Crippen molar-refractivity contribution in [2.75, 3.05) is 0 Å². The molecule has 3 nitrogen and oxygen atoms in total. The van der Waals surface area contributed by atoms with Crippen molar-refractivity contribution in [3.8, 4) is 0 Å². The van der Waals surface area contributed by atoms with Crippen molar-refractivity contribution in [3.63, 3.8) is 0 Å². The molecule has 0 amide bonds. The Kier molecular flexibility index (Phi) is 15.8. The van der Waals surface area contributed by atoms with Gasteiger partial charge in [0.25, 0.3) is 0 Å². The highest BCUT2D eigenvalue weighted by Crippen LogP contribution is 2.55. The SMILES string of the molecule is O=[N+]([O-])C1C(CCc2ccc(Br)cc2)=C(CCc2ccc(Cl)cc2)C(CCc2ccccc2F)=C(CCc2ccccc2Br)C1(CCc1ccccc1)CCc1ccc(F)cc1. The van der Waals surface area contributed by atoms with Crippen LogP contribution in [0.1, 0.15) is 71.9 Å². The van der Waals surface area contributed by atoms with Crippen molar-refractivity contribution in [1.82, 2.24) is 0 Å². The molecule has 0 N–H and O–H groups in total. The number of halogens is 5. The summed E-state index contributed by atoms with van der Waals surface area (Å²) in [4.78, 5) is 14.4. The minimum absolute atomic E-state index is 0.000930. The van der Waals surface area contributed by atoms with Gasteiger partial charge in [0.2, 0.25) is 6.04 Å². The van der Waals surface area contributed by atoms with Gasteiger partial charge in [-0.3, -0.25) is 10.1 Å². The molecule has 318 valence electrons. The molecular formula is C54H50Br2ClF2NO2. The average molecular weight is 978 g/mol. The Labute approximate surface area is 386 Å². The van der Waals surface area contributed by atoms with E-state index in [9.17, 15) is 14.5 Å². The van der Waals surface area contributed by atoms with Crippen LogP contribution in [0.4, 0.5) is 8.78 Å². The molecule has 0 aromatic heterocycles. The lowest BCUT2D eigenvalue weighted by Crippen LogP contribution is -2.48. The molecule has 0 spiro atoms. The van der Waals surface area contributed by atoms with Crippen LogP contribution in [0.5, 0.6) is 0 Å². The molecule has 1 aliphatic carbocycles. The van der Waals surface area contributed by atoms with Gasteiger partial charge in [-0.25, -0.2) is 8.78 Å². The highest BCUT2D eigenvalue weighted by molar-refractivity contribution is 9.10. The van der Waals surface area contributed by atoms with E-state index in [1.54, 1.807) is 18.2 Å². The normalized spacial score (nSPS) is 16.5. The monoisotopic (exact) mass is 975 g/mol. The zero-order valence-corrected chi connectivity index (χ0v) is 38.6. The van der Waals surface area contributed by atoms with Crippen molar-refractivity contribution in [1.29, 1.82) is 0 Å². The molecular weight excluding hydrogens is 928 g/mol. The number of nitrogens with zero attached hydrogens (tertiary/aromatic N) is 1. The second-order valence-electron chi connectivity index (χ2n) is 16.4. The molecule has 2 unspecified atom stereocenters. The Morgan fingerprint density at radius 2 is 1.05 bits per heavy atom. The molecule has 0 saturated carbocycles. The maximum Gasteiger partial charge on any atom is 0.243 e. The van der Waals surface area contributed by atoms with Crippen LogP contribution in [0.2, 0.25) is 5.02 Å². The van der Waals surface area contributed by atoms with Crippen LogP contribution >= 0.6 is 43.5 Å². The van der Waals surface area contributed by atoms with Gasteiger partial charge in [-0.05, 0) is 170 Å². The standard InChI is InChI=1S/C54H50Br2ClF2NO2/c55-44-24-14-39(15-25-44)21-31-49-47(30-20-40-16-26-45(57)27-17-40)48(32-22-43-11-5-7-13-52(43)59)50(33-23-42-10-4-6-12-51(42)56)54(53(49)60(61)62,36-34-38-8-2-1-3-9-38)37-35-41-18-28-46(58)29-19-41/h1-19,24-29,53H,20-23,30-37H2. The summed E-state index contributed by atoms with van der Waals surface area (Å²) in [7, 11) is 0. The third-order valence-corrected chi connectivity index (χ3v) is 14.2. The molecule has 0 heterocycles. The van der Waals surface area contributed by atoms with Crippen LogP contribution in [0.15, 0.2) is 183 Å². The van der Waals surface area contributed by atoms with Crippen molar-refractivity contribution < 1.29 is 13.7 Å². The quantitative estimate of drug-likeness (QED) is 0.0600. The first-order chi connectivity index (χ1) is 30.1. The van der Waals surface area contributed by atoms with Crippen LogP contribution in [0.25, 0.3) is 0 Å². The van der Waals surface area contributed by atoms with Crippen molar-refractivity contribution in [3.05, 3.63) is 243 Å². The summed E-state index contributed by atoms with van der Waals surface area (Å²) in [5, 5.41) is 15.0. The summed E-state index contributed by atoms with van der Waals surface area (Å²) in [6.07, 6.45) is 6.75. The fourth-order valence-corrected chi connectivity index (χ4v) is 10.3. The summed E-state index contributed by atoms with van der Waals surface area (Å²) >= 11 is 13.7. The fourth-order valence-electron chi connectivity index (χ4n) is 9.47. The van der Waals surface area contributed by atoms with E-state index in [4.69, 9.17) is 11.6 Å². The molecule has 6 aromatic carbocycles. The first-order valence-corrected chi connectivity index (χ1v) is 23.4. The Bertz CT molecular complexity index is 2510. The number of hydrogen-bond donors (Lipinski definition) is 0. The van der Waals surface area contributed by atoms with Crippen LogP contribution in [0.3, 0.4) is 0 Å². The Balaban J connectivity index is 1.48. The summed E-state index contributed by atoms with van der Waals surface area (Å²) in [5.74, 6) is -0.572. The van der Waals surface area contributed by atoms with Gasteiger partial charge in [-0.15, -0.1) is 0 Å². The molecule has 8 heteroatoms. The van der Waals surface area contributed by atoms with Gasteiger partial charge in [0, 0.05) is 24.5 Å². The Hall–Kier alpha value is -4.69. The minimum Gasteiger partial charge on any atom is -0.264 e. The van der Waals surface area contributed by atoms with Crippen molar-refractivity contribution in [2.24, 2.45) is 5.41 Å². The Morgan fingerprint density at radius 1 is 0.532 bits per heavy atom. The van der Waals surface area contributed by atoms with E-state index >= 15 is 4.39 Å². The summed E-state index contributed by atoms with van der Waals surface area (Å²) in [6, 6.07) is 46.9. The first kappa shape index (κ1) is 45.3. The first-order valence-electron chi connectivity index (χ1n) is 21.4. The number of rotatable bonds is 19. The van der Waals surface area contributed by atoms with E-state index < -0.39 is 11.5 Å². The Morgan fingerprint density at radius 3 is 1.69 bits per heavy atom. The summed E-state index contributed by atoms with van der Waals surface area (Å²) in [5.41, 5.74) is 9.12. The van der Waals surface area contributed by atoms with Gasteiger partial charge >= 0.3 is 0 Å². The largest absolute Gasteiger partial charge is 0.264 e. The molecule has 0 bridgehead atoms. The summed E-state index contributed by atoms with van der Waals surface area (Å²) in [6.45, 7) is 0. The van der Waals surface area contributed by atoms with Crippen LogP contribution in [-0.4, -0.2) is 11.0 Å². The van der Waals surface area contributed by atoms with Gasteiger partial charge in [-0.1, -0.05) is 152 Å². The molecule has 0 saturated heterocycles. The van der Waals surface area contributed by atoms with E-state index in [0.29, 0.717) is 87.6 Å². The molecule has 1 aliphatic rings. The van der Waals surface area contributed by atoms with Crippen LogP contribution in [0, 0.1) is 27.2 Å². The second kappa shape index (κ2) is 21.6. The number of hydrogen-bond acceptors (Lipinski definition) is 2. The number of benzene rings is 6. The van der Waals surface area contributed by atoms with Gasteiger partial charge in [-0.2, -0.15) is 0 Å². The second-order valence-corrected chi connectivity index (χ2v) is 18.6. The van der Waals surface area contributed by atoms with Gasteiger partial charge in [0.1, 0.15) is 11.6 Å². The summed E-state index contributed by atoms with van der Waals surface area (Å²) < 4.78 is 31.8. The average Bonchev–Trinajstić information content (AvgIpc) is 3.28. The maximum absolute atomic E-state index is 15.6. The van der Waals surface area contributed by atoms with E-state index in [1.807, 2.05) is 84.9 Å². The smallest absolute Gasteiger partial charge is 0.243 e. The lowest BCUT2D eigenvalue weighted by atomic mass is 9.57.